The number of piperidine rings is 1. The Hall–Kier alpha value is -1.10. The van der Waals surface area contributed by atoms with Crippen LogP contribution in [0.5, 0.6) is 0 Å². The second-order valence-electron chi connectivity index (χ2n) is 5.75. The Morgan fingerprint density at radius 1 is 1.38 bits per heavy atom. The van der Waals surface area contributed by atoms with E-state index in [1.54, 1.807) is 0 Å². The van der Waals surface area contributed by atoms with Gasteiger partial charge in [-0.2, -0.15) is 0 Å². The van der Waals surface area contributed by atoms with Crippen LogP contribution in [0.15, 0.2) is 24.3 Å². The molecule has 5 heteroatoms. The molecule has 1 saturated heterocycles. The number of rotatable bonds is 6. The zero-order valence-corrected chi connectivity index (χ0v) is 13.3. The fourth-order valence-corrected chi connectivity index (χ4v) is 2.75. The first kappa shape index (κ1) is 16.3. The number of hydrogen-bond acceptors (Lipinski definition) is 3. The van der Waals surface area contributed by atoms with Gasteiger partial charge in [0.15, 0.2) is 0 Å². The number of nitrogens with one attached hydrogen (secondary N) is 2. The average Bonchev–Trinajstić information content (AvgIpc) is 2.47. The largest absolute Gasteiger partial charge is 0.351 e. The quantitative estimate of drug-likeness (QED) is 0.845. The number of benzene rings is 1. The number of hydrogen-bond donors (Lipinski definition) is 2. The summed E-state index contributed by atoms with van der Waals surface area (Å²) in [6.07, 6.45) is 3.76. The fraction of sp³-hybridized carbons (Fsp3) is 0.562. The van der Waals surface area contributed by atoms with Crippen LogP contribution in [-0.2, 0) is 11.3 Å². The van der Waals surface area contributed by atoms with E-state index in [0.717, 1.165) is 18.7 Å². The monoisotopic (exact) mass is 309 g/mol. The first-order chi connectivity index (χ1) is 10.1. The summed E-state index contributed by atoms with van der Waals surface area (Å²) in [4.78, 5) is 14.0. The van der Waals surface area contributed by atoms with Crippen molar-refractivity contribution in [2.75, 3.05) is 26.7 Å². The molecule has 0 spiro atoms. The normalized spacial score (nSPS) is 18.7. The van der Waals surface area contributed by atoms with Crippen molar-refractivity contribution in [2.45, 2.75) is 31.8 Å². The molecule has 0 saturated carbocycles. The van der Waals surface area contributed by atoms with Crippen LogP contribution in [0.2, 0.25) is 5.02 Å². The molecule has 4 nitrogen and oxygen atoms in total. The molecule has 2 rings (SSSR count). The van der Waals surface area contributed by atoms with Crippen LogP contribution in [0.1, 0.15) is 24.8 Å². The van der Waals surface area contributed by atoms with E-state index < -0.39 is 0 Å². The summed E-state index contributed by atoms with van der Waals surface area (Å²) >= 11 is 5.84. The van der Waals surface area contributed by atoms with E-state index in [1.807, 2.05) is 31.3 Å². The summed E-state index contributed by atoms with van der Waals surface area (Å²) in [5.74, 6) is 0.0586. The van der Waals surface area contributed by atoms with Crippen LogP contribution in [0.25, 0.3) is 0 Å². The van der Waals surface area contributed by atoms with Crippen LogP contribution >= 0.6 is 11.6 Å². The summed E-state index contributed by atoms with van der Waals surface area (Å²) in [6, 6.07) is 8.05. The van der Waals surface area contributed by atoms with Crippen LogP contribution < -0.4 is 10.6 Å². The van der Waals surface area contributed by atoms with Crippen LogP contribution in [-0.4, -0.2) is 43.5 Å². The number of halogens is 1. The van der Waals surface area contributed by atoms with E-state index in [-0.39, 0.29) is 5.91 Å². The van der Waals surface area contributed by atoms with E-state index in [9.17, 15) is 4.79 Å². The number of nitrogens with zero attached hydrogens (tertiary/aromatic N) is 1. The first-order valence-electron chi connectivity index (χ1n) is 7.56. The summed E-state index contributed by atoms with van der Waals surface area (Å²) in [7, 11) is 2.00. The van der Waals surface area contributed by atoms with Gasteiger partial charge in [0, 0.05) is 24.2 Å². The summed E-state index contributed by atoms with van der Waals surface area (Å²) in [6.45, 7) is 3.01. The maximum atomic E-state index is 11.9. The molecule has 0 bridgehead atoms. The van der Waals surface area contributed by atoms with Crippen molar-refractivity contribution in [1.82, 2.24) is 15.5 Å². The number of carbonyl (C=O) groups excluding carboxylic acids is 1. The van der Waals surface area contributed by atoms with Gasteiger partial charge in [0.1, 0.15) is 0 Å². The molecule has 116 valence electrons. The predicted octanol–water partition coefficient (Wildman–Crippen LogP) is 2.03. The van der Waals surface area contributed by atoms with Crippen LogP contribution in [0.4, 0.5) is 0 Å². The molecule has 1 aliphatic heterocycles. The first-order valence-corrected chi connectivity index (χ1v) is 7.94. The molecular weight excluding hydrogens is 286 g/mol. The molecule has 1 aromatic rings. The topological polar surface area (TPSA) is 44.4 Å². The van der Waals surface area contributed by atoms with Crippen molar-refractivity contribution in [2.24, 2.45) is 0 Å². The molecule has 1 aliphatic rings. The van der Waals surface area contributed by atoms with E-state index in [0.29, 0.717) is 24.2 Å². The highest BCUT2D eigenvalue weighted by atomic mass is 35.5. The van der Waals surface area contributed by atoms with Gasteiger partial charge in [0.2, 0.25) is 5.91 Å². The minimum absolute atomic E-state index is 0.0586. The maximum absolute atomic E-state index is 11.9. The lowest BCUT2D eigenvalue weighted by Crippen LogP contribution is -2.45. The lowest BCUT2D eigenvalue weighted by molar-refractivity contribution is -0.122. The molecule has 1 heterocycles. The maximum Gasteiger partial charge on any atom is 0.234 e. The molecule has 1 aromatic carbocycles. The van der Waals surface area contributed by atoms with Gasteiger partial charge in [-0.25, -0.2) is 0 Å². The highest BCUT2D eigenvalue weighted by molar-refractivity contribution is 6.30. The van der Waals surface area contributed by atoms with Gasteiger partial charge in [0.05, 0.1) is 6.54 Å². The Kier molecular flexibility index (Phi) is 6.49. The van der Waals surface area contributed by atoms with Crippen molar-refractivity contribution in [3.8, 4) is 0 Å². The lowest BCUT2D eigenvalue weighted by atomic mass is 10.0. The second-order valence-corrected chi connectivity index (χ2v) is 6.18. The Balaban J connectivity index is 1.67. The van der Waals surface area contributed by atoms with E-state index in [2.05, 4.69) is 15.5 Å². The Labute approximate surface area is 131 Å². The Bertz CT molecular complexity index is 443. The van der Waals surface area contributed by atoms with E-state index in [4.69, 9.17) is 11.6 Å². The van der Waals surface area contributed by atoms with Crippen molar-refractivity contribution >= 4 is 17.5 Å². The van der Waals surface area contributed by atoms with Gasteiger partial charge in [-0.1, -0.05) is 30.2 Å². The van der Waals surface area contributed by atoms with Gasteiger partial charge in [-0.15, -0.1) is 0 Å². The second kappa shape index (κ2) is 8.37. The fourth-order valence-electron chi connectivity index (χ4n) is 2.62. The molecule has 1 fully saturated rings. The molecule has 0 radical (unpaired) electrons. The van der Waals surface area contributed by atoms with Gasteiger partial charge in [-0.3, -0.25) is 9.69 Å². The zero-order chi connectivity index (χ0) is 15.1. The van der Waals surface area contributed by atoms with Crippen molar-refractivity contribution in [3.05, 3.63) is 34.9 Å². The van der Waals surface area contributed by atoms with Crippen molar-refractivity contribution in [3.63, 3.8) is 0 Å². The molecule has 21 heavy (non-hydrogen) atoms. The third-order valence-electron chi connectivity index (χ3n) is 3.76. The molecule has 0 aromatic heterocycles. The summed E-state index contributed by atoms with van der Waals surface area (Å²) < 4.78 is 0. The summed E-state index contributed by atoms with van der Waals surface area (Å²) in [5.41, 5.74) is 1.06. The highest BCUT2D eigenvalue weighted by Gasteiger charge is 2.15. The summed E-state index contributed by atoms with van der Waals surface area (Å²) in [5, 5.41) is 7.16. The molecule has 1 amide bonds. The Morgan fingerprint density at radius 2 is 2.14 bits per heavy atom. The van der Waals surface area contributed by atoms with Gasteiger partial charge in [0.25, 0.3) is 0 Å². The number of likely N-dealkylation sites (N-methyl/N-ethyl adjacent to an activating group) is 1. The smallest absolute Gasteiger partial charge is 0.234 e. The molecule has 2 N–H and O–H groups in total. The Morgan fingerprint density at radius 3 is 2.81 bits per heavy atom. The SMILES string of the molecule is CN(CC(=O)NCc1ccc(Cl)cc1)CC1CCCCN1. The van der Waals surface area contributed by atoms with Gasteiger partial charge >= 0.3 is 0 Å². The average molecular weight is 310 g/mol. The standard InChI is InChI=1S/C16H24ClN3O/c1-20(11-15-4-2-3-9-18-15)12-16(21)19-10-13-5-7-14(17)8-6-13/h5-8,15,18H,2-4,9-12H2,1H3,(H,19,21). The van der Waals surface area contributed by atoms with Crippen LogP contribution in [0, 0.1) is 0 Å². The minimum atomic E-state index is 0.0586. The van der Waals surface area contributed by atoms with Crippen LogP contribution in [0.3, 0.4) is 0 Å². The van der Waals surface area contributed by atoms with Crippen molar-refractivity contribution < 1.29 is 4.79 Å². The zero-order valence-electron chi connectivity index (χ0n) is 12.6. The predicted molar refractivity (Wildman–Crippen MR) is 86.4 cm³/mol. The number of amides is 1. The van der Waals surface area contributed by atoms with Crippen molar-refractivity contribution in [1.29, 1.82) is 0 Å². The third kappa shape index (κ3) is 6.04. The molecule has 1 unspecified atom stereocenters. The molecule has 0 aliphatic carbocycles. The number of carbonyl (C=O) groups is 1. The third-order valence-corrected chi connectivity index (χ3v) is 4.01. The molecular formula is C16H24ClN3O. The minimum Gasteiger partial charge on any atom is -0.351 e. The van der Waals surface area contributed by atoms with E-state index >= 15 is 0 Å². The van der Waals surface area contributed by atoms with Gasteiger partial charge in [-0.05, 0) is 44.1 Å². The lowest BCUT2D eigenvalue weighted by Gasteiger charge is -2.27. The highest BCUT2D eigenvalue weighted by Crippen LogP contribution is 2.09. The van der Waals surface area contributed by atoms with E-state index in [1.165, 1.54) is 19.3 Å². The molecule has 1 atom stereocenters. The van der Waals surface area contributed by atoms with Gasteiger partial charge < -0.3 is 10.6 Å².